The molecule has 1 aliphatic carbocycles. The molecule has 0 radical (unpaired) electrons. The lowest BCUT2D eigenvalue weighted by Gasteiger charge is -2.24. The van der Waals surface area contributed by atoms with Crippen LogP contribution in [0.1, 0.15) is 44.0 Å². The molecule has 0 unspecified atom stereocenters. The van der Waals surface area contributed by atoms with Crippen molar-refractivity contribution in [3.8, 4) is 17.2 Å². The van der Waals surface area contributed by atoms with Crippen molar-refractivity contribution in [1.82, 2.24) is 10.1 Å². The van der Waals surface area contributed by atoms with Crippen molar-refractivity contribution >= 4 is 0 Å². The molecule has 0 amide bonds. The van der Waals surface area contributed by atoms with E-state index in [9.17, 15) is 5.11 Å². The summed E-state index contributed by atoms with van der Waals surface area (Å²) < 4.78 is 11.3. The highest BCUT2D eigenvalue weighted by Crippen LogP contribution is 2.41. The molecule has 1 N–H and O–H groups in total. The Labute approximate surface area is 123 Å². The molecule has 1 aliphatic rings. The Hall–Kier alpha value is -1.88. The molecule has 0 spiro atoms. The highest BCUT2D eigenvalue weighted by molar-refractivity contribution is 5.64. The maximum atomic E-state index is 10.1. The quantitative estimate of drug-likeness (QED) is 0.931. The van der Waals surface area contributed by atoms with Crippen LogP contribution in [-0.2, 0) is 10.3 Å². The summed E-state index contributed by atoms with van der Waals surface area (Å²) in [4.78, 5) is 4.49. The molecule has 0 aliphatic heterocycles. The van der Waals surface area contributed by atoms with Crippen molar-refractivity contribution in [1.29, 1.82) is 0 Å². The van der Waals surface area contributed by atoms with Gasteiger partial charge in [-0.25, -0.2) is 0 Å². The minimum atomic E-state index is -0.421. The van der Waals surface area contributed by atoms with Gasteiger partial charge < -0.3 is 14.4 Å². The summed E-state index contributed by atoms with van der Waals surface area (Å²) in [6.07, 6.45) is 4.05. The average Bonchev–Trinajstić information content (AvgIpc) is 3.12. The van der Waals surface area contributed by atoms with E-state index in [0.717, 1.165) is 31.2 Å². The van der Waals surface area contributed by atoms with Gasteiger partial charge in [-0.2, -0.15) is 4.98 Å². The first-order valence-electron chi connectivity index (χ1n) is 7.43. The number of hydrogen-bond donors (Lipinski definition) is 1. The molecule has 2 aromatic rings. The third-order valence-electron chi connectivity index (χ3n) is 4.13. The minimum Gasteiger partial charge on any atom is -0.507 e. The number of para-hydroxylation sites is 1. The Morgan fingerprint density at radius 1 is 1.33 bits per heavy atom. The fourth-order valence-electron chi connectivity index (χ4n) is 3.00. The first-order chi connectivity index (χ1) is 10.2. The molecule has 1 fully saturated rings. The van der Waals surface area contributed by atoms with Gasteiger partial charge in [0, 0.05) is 6.61 Å². The van der Waals surface area contributed by atoms with Gasteiger partial charge in [0.05, 0.1) is 5.56 Å². The molecular formula is C16H20N2O3. The van der Waals surface area contributed by atoms with Gasteiger partial charge in [0.1, 0.15) is 11.4 Å². The largest absolute Gasteiger partial charge is 0.507 e. The number of aromatic nitrogens is 2. The van der Waals surface area contributed by atoms with Crippen LogP contribution in [0.15, 0.2) is 22.7 Å². The summed E-state index contributed by atoms with van der Waals surface area (Å²) in [6.45, 7) is 4.45. The Morgan fingerprint density at radius 2 is 2.10 bits per heavy atom. The number of nitrogens with zero attached hydrogens (tertiary/aromatic N) is 2. The van der Waals surface area contributed by atoms with Crippen molar-refractivity contribution in [2.24, 2.45) is 0 Å². The first-order valence-corrected chi connectivity index (χ1v) is 7.43. The van der Waals surface area contributed by atoms with Crippen LogP contribution in [0.3, 0.4) is 0 Å². The van der Waals surface area contributed by atoms with Crippen LogP contribution in [0.25, 0.3) is 11.5 Å². The molecule has 1 saturated carbocycles. The van der Waals surface area contributed by atoms with Gasteiger partial charge >= 0.3 is 0 Å². The second kappa shape index (κ2) is 5.48. The van der Waals surface area contributed by atoms with Gasteiger partial charge in [-0.15, -0.1) is 0 Å². The SMILES string of the molecule is CCOC1(c2noc(-c3cccc(C)c3O)n2)CCCC1. The van der Waals surface area contributed by atoms with E-state index >= 15 is 0 Å². The number of aryl methyl sites for hydroxylation is 1. The standard InChI is InChI=1S/C16H20N2O3/c1-3-20-16(9-4-5-10-16)15-17-14(21-18-15)12-8-6-7-11(2)13(12)19/h6-8,19H,3-5,9-10H2,1-2H3. The number of rotatable bonds is 4. The van der Waals surface area contributed by atoms with Crippen LogP contribution in [0.4, 0.5) is 0 Å². The molecule has 5 nitrogen and oxygen atoms in total. The number of phenolic OH excluding ortho intramolecular Hbond substituents is 1. The average molecular weight is 288 g/mol. The molecule has 1 aromatic heterocycles. The van der Waals surface area contributed by atoms with Crippen molar-refractivity contribution < 1.29 is 14.4 Å². The number of benzene rings is 1. The molecule has 5 heteroatoms. The highest BCUT2D eigenvalue weighted by Gasteiger charge is 2.41. The van der Waals surface area contributed by atoms with Crippen LogP contribution in [-0.4, -0.2) is 21.9 Å². The fraction of sp³-hybridized carbons (Fsp3) is 0.500. The van der Waals surface area contributed by atoms with Crippen LogP contribution >= 0.6 is 0 Å². The summed E-state index contributed by atoms with van der Waals surface area (Å²) in [5, 5.41) is 14.2. The maximum Gasteiger partial charge on any atom is 0.261 e. The summed E-state index contributed by atoms with van der Waals surface area (Å²) >= 11 is 0. The van der Waals surface area contributed by atoms with E-state index in [2.05, 4.69) is 10.1 Å². The van der Waals surface area contributed by atoms with Gasteiger partial charge in [0.25, 0.3) is 5.89 Å². The lowest BCUT2D eigenvalue weighted by molar-refractivity contribution is -0.0469. The van der Waals surface area contributed by atoms with Gasteiger partial charge in [0.2, 0.25) is 5.82 Å². The molecular weight excluding hydrogens is 268 g/mol. The number of hydrogen-bond acceptors (Lipinski definition) is 5. The van der Waals surface area contributed by atoms with Crippen molar-refractivity contribution in [2.45, 2.75) is 45.1 Å². The van der Waals surface area contributed by atoms with Gasteiger partial charge in [-0.3, -0.25) is 0 Å². The molecule has 21 heavy (non-hydrogen) atoms. The normalized spacial score (nSPS) is 17.2. The second-order valence-electron chi connectivity index (χ2n) is 5.53. The molecule has 0 bridgehead atoms. The Kier molecular flexibility index (Phi) is 3.68. The number of ether oxygens (including phenoxy) is 1. The topological polar surface area (TPSA) is 68.4 Å². The van der Waals surface area contributed by atoms with Gasteiger partial charge in [-0.1, -0.05) is 17.3 Å². The molecule has 112 valence electrons. The predicted octanol–water partition coefficient (Wildman–Crippen LogP) is 3.56. The van der Waals surface area contributed by atoms with E-state index in [1.54, 1.807) is 6.07 Å². The Bertz CT molecular complexity index is 630. The molecule has 3 rings (SSSR count). The minimum absolute atomic E-state index is 0.185. The van der Waals surface area contributed by atoms with Crippen LogP contribution in [0.2, 0.25) is 0 Å². The number of aromatic hydroxyl groups is 1. The Balaban J connectivity index is 1.98. The monoisotopic (exact) mass is 288 g/mol. The summed E-state index contributed by atoms with van der Waals surface area (Å²) in [5.41, 5.74) is 0.932. The van der Waals surface area contributed by atoms with Crippen LogP contribution < -0.4 is 0 Å². The van der Waals surface area contributed by atoms with E-state index in [1.165, 1.54) is 0 Å². The van der Waals surface area contributed by atoms with Crippen molar-refractivity contribution in [2.75, 3.05) is 6.61 Å². The number of phenols is 1. The smallest absolute Gasteiger partial charge is 0.261 e. The Morgan fingerprint density at radius 3 is 2.81 bits per heavy atom. The summed E-state index contributed by atoms with van der Waals surface area (Å²) in [7, 11) is 0. The van der Waals surface area contributed by atoms with E-state index in [-0.39, 0.29) is 5.75 Å². The highest BCUT2D eigenvalue weighted by atomic mass is 16.5. The van der Waals surface area contributed by atoms with E-state index in [4.69, 9.17) is 9.26 Å². The third-order valence-corrected chi connectivity index (χ3v) is 4.13. The zero-order chi connectivity index (χ0) is 14.9. The maximum absolute atomic E-state index is 10.1. The lowest BCUT2D eigenvalue weighted by Crippen LogP contribution is -2.27. The lowest BCUT2D eigenvalue weighted by atomic mass is 10.0. The van der Waals surface area contributed by atoms with Crippen molar-refractivity contribution in [3.63, 3.8) is 0 Å². The second-order valence-corrected chi connectivity index (χ2v) is 5.53. The van der Waals surface area contributed by atoms with Crippen LogP contribution in [0.5, 0.6) is 5.75 Å². The fourth-order valence-corrected chi connectivity index (χ4v) is 3.00. The molecule has 0 atom stereocenters. The van der Waals surface area contributed by atoms with E-state index in [0.29, 0.717) is 23.9 Å². The van der Waals surface area contributed by atoms with E-state index < -0.39 is 5.60 Å². The predicted molar refractivity (Wildman–Crippen MR) is 77.9 cm³/mol. The molecule has 1 heterocycles. The molecule has 1 aromatic carbocycles. The third kappa shape index (κ3) is 2.42. The zero-order valence-corrected chi connectivity index (χ0v) is 12.4. The zero-order valence-electron chi connectivity index (χ0n) is 12.4. The van der Waals surface area contributed by atoms with Crippen molar-refractivity contribution in [3.05, 3.63) is 29.6 Å². The first kappa shape index (κ1) is 14.1. The van der Waals surface area contributed by atoms with Crippen LogP contribution in [0, 0.1) is 6.92 Å². The van der Waals surface area contributed by atoms with Gasteiger partial charge in [-0.05, 0) is 51.2 Å². The van der Waals surface area contributed by atoms with E-state index in [1.807, 2.05) is 26.0 Å². The molecule has 0 saturated heterocycles. The summed E-state index contributed by atoms with van der Waals surface area (Å²) in [5.74, 6) is 1.12. The van der Waals surface area contributed by atoms with Gasteiger partial charge in [0.15, 0.2) is 0 Å². The summed E-state index contributed by atoms with van der Waals surface area (Å²) in [6, 6.07) is 5.48.